The average Bonchev–Trinajstić information content (AvgIpc) is 2.98. The highest BCUT2D eigenvalue weighted by atomic mass is 16.1. The van der Waals surface area contributed by atoms with E-state index in [0.29, 0.717) is 5.92 Å². The highest BCUT2D eigenvalue weighted by Gasteiger charge is 2.26. The van der Waals surface area contributed by atoms with Gasteiger partial charge in [0.05, 0.1) is 5.69 Å². The fourth-order valence-corrected chi connectivity index (χ4v) is 1.86. The summed E-state index contributed by atoms with van der Waals surface area (Å²) in [5, 5.41) is 0. The minimum atomic E-state index is -0.0572. The van der Waals surface area contributed by atoms with Crippen LogP contribution in [-0.2, 0) is 5.41 Å². The van der Waals surface area contributed by atoms with Crippen molar-refractivity contribution in [2.75, 3.05) is 0 Å². The van der Waals surface area contributed by atoms with Gasteiger partial charge in [0, 0.05) is 17.2 Å². The quantitative estimate of drug-likeness (QED) is 0.691. The Morgan fingerprint density at radius 1 is 1.40 bits per heavy atom. The molecular weight excluding hydrogens is 186 g/mol. The average molecular weight is 203 g/mol. The smallest absolute Gasteiger partial charge is 0.151 e. The van der Waals surface area contributed by atoms with Crippen LogP contribution in [0.2, 0.25) is 0 Å². The van der Waals surface area contributed by atoms with E-state index >= 15 is 0 Å². The standard InChI is InChI=1S/C13H17NO/c1-13(2,3)12-11(8-15)6-10(7-14-12)9-4-5-9/h6-9H,4-5H2,1-3H3. The molecule has 15 heavy (non-hydrogen) atoms. The molecule has 1 fully saturated rings. The molecule has 1 aromatic rings. The van der Waals surface area contributed by atoms with Gasteiger partial charge in [-0.25, -0.2) is 0 Å². The highest BCUT2D eigenvalue weighted by Crippen LogP contribution is 2.40. The SMILES string of the molecule is CC(C)(C)c1ncc(C2CC2)cc1C=O. The van der Waals surface area contributed by atoms with E-state index in [1.807, 2.05) is 12.3 Å². The first kappa shape index (κ1) is 10.3. The predicted octanol–water partition coefficient (Wildman–Crippen LogP) is 3.07. The second-order valence-corrected chi connectivity index (χ2v) is 5.35. The number of aromatic nitrogens is 1. The molecule has 0 radical (unpaired) electrons. The van der Waals surface area contributed by atoms with Gasteiger partial charge < -0.3 is 0 Å². The van der Waals surface area contributed by atoms with Gasteiger partial charge in [0.2, 0.25) is 0 Å². The molecule has 0 N–H and O–H groups in total. The van der Waals surface area contributed by atoms with Gasteiger partial charge >= 0.3 is 0 Å². The van der Waals surface area contributed by atoms with E-state index in [4.69, 9.17) is 0 Å². The van der Waals surface area contributed by atoms with E-state index in [2.05, 4.69) is 25.8 Å². The van der Waals surface area contributed by atoms with Crippen LogP contribution in [0, 0.1) is 0 Å². The molecule has 1 aliphatic carbocycles. The number of hydrogen-bond acceptors (Lipinski definition) is 2. The number of rotatable bonds is 2. The lowest BCUT2D eigenvalue weighted by Crippen LogP contribution is -2.16. The molecule has 2 rings (SSSR count). The number of carbonyl (C=O) groups excluding carboxylic acids is 1. The molecule has 1 saturated carbocycles. The summed E-state index contributed by atoms with van der Waals surface area (Å²) < 4.78 is 0. The van der Waals surface area contributed by atoms with Gasteiger partial charge in [0.15, 0.2) is 6.29 Å². The molecule has 0 amide bonds. The molecule has 1 aliphatic rings. The van der Waals surface area contributed by atoms with Crippen molar-refractivity contribution in [3.8, 4) is 0 Å². The second-order valence-electron chi connectivity index (χ2n) is 5.35. The molecule has 0 spiro atoms. The summed E-state index contributed by atoms with van der Waals surface area (Å²) in [4.78, 5) is 15.5. The van der Waals surface area contributed by atoms with Crippen LogP contribution in [0.25, 0.3) is 0 Å². The molecule has 0 aliphatic heterocycles. The zero-order valence-corrected chi connectivity index (χ0v) is 9.58. The fourth-order valence-electron chi connectivity index (χ4n) is 1.86. The summed E-state index contributed by atoms with van der Waals surface area (Å²) >= 11 is 0. The maximum Gasteiger partial charge on any atom is 0.151 e. The Kier molecular flexibility index (Phi) is 2.37. The van der Waals surface area contributed by atoms with Crippen LogP contribution in [0.5, 0.6) is 0 Å². The number of pyridine rings is 1. The van der Waals surface area contributed by atoms with Crippen molar-refractivity contribution < 1.29 is 4.79 Å². The van der Waals surface area contributed by atoms with Gasteiger partial charge in [0.25, 0.3) is 0 Å². The largest absolute Gasteiger partial charge is 0.298 e. The summed E-state index contributed by atoms with van der Waals surface area (Å²) in [6.07, 6.45) is 5.36. The van der Waals surface area contributed by atoms with Crippen molar-refractivity contribution in [1.29, 1.82) is 0 Å². The van der Waals surface area contributed by atoms with Gasteiger partial charge in [0.1, 0.15) is 0 Å². The number of nitrogens with zero attached hydrogens (tertiary/aromatic N) is 1. The number of carbonyl (C=O) groups is 1. The van der Waals surface area contributed by atoms with Gasteiger partial charge in [-0.05, 0) is 30.4 Å². The molecule has 0 unspecified atom stereocenters. The molecule has 0 aromatic carbocycles. The lowest BCUT2D eigenvalue weighted by molar-refractivity contribution is 0.112. The summed E-state index contributed by atoms with van der Waals surface area (Å²) in [6, 6.07) is 2.01. The first-order chi connectivity index (χ1) is 7.02. The van der Waals surface area contributed by atoms with Gasteiger partial charge in [-0.2, -0.15) is 0 Å². The Morgan fingerprint density at radius 2 is 2.07 bits per heavy atom. The minimum Gasteiger partial charge on any atom is -0.298 e. The number of hydrogen-bond donors (Lipinski definition) is 0. The van der Waals surface area contributed by atoms with Crippen molar-refractivity contribution in [2.24, 2.45) is 0 Å². The van der Waals surface area contributed by atoms with Crippen molar-refractivity contribution in [3.05, 3.63) is 29.1 Å². The first-order valence-corrected chi connectivity index (χ1v) is 5.48. The Bertz CT molecular complexity index is 386. The molecule has 80 valence electrons. The molecule has 2 nitrogen and oxygen atoms in total. The topological polar surface area (TPSA) is 30.0 Å². The first-order valence-electron chi connectivity index (χ1n) is 5.48. The molecule has 1 aromatic heterocycles. The third kappa shape index (κ3) is 2.09. The molecular formula is C13H17NO. The Morgan fingerprint density at radius 3 is 2.53 bits per heavy atom. The van der Waals surface area contributed by atoms with Crippen molar-refractivity contribution >= 4 is 6.29 Å². The number of aldehydes is 1. The van der Waals surface area contributed by atoms with Gasteiger partial charge in [-0.15, -0.1) is 0 Å². The minimum absolute atomic E-state index is 0.0572. The normalized spacial score (nSPS) is 16.5. The van der Waals surface area contributed by atoms with E-state index in [0.717, 1.165) is 17.5 Å². The summed E-state index contributed by atoms with van der Waals surface area (Å²) in [5.74, 6) is 0.658. The molecule has 0 atom stereocenters. The van der Waals surface area contributed by atoms with E-state index in [1.165, 1.54) is 18.4 Å². The fraction of sp³-hybridized carbons (Fsp3) is 0.538. The summed E-state index contributed by atoms with van der Waals surface area (Å²) in [7, 11) is 0. The van der Waals surface area contributed by atoms with E-state index in [-0.39, 0.29) is 5.41 Å². The Balaban J connectivity index is 2.43. The van der Waals surface area contributed by atoms with Crippen molar-refractivity contribution in [2.45, 2.75) is 44.9 Å². The Labute approximate surface area is 90.7 Å². The second kappa shape index (κ2) is 3.44. The maximum absolute atomic E-state index is 11.0. The van der Waals surface area contributed by atoms with Crippen LogP contribution >= 0.6 is 0 Å². The Hall–Kier alpha value is -1.18. The zero-order valence-electron chi connectivity index (χ0n) is 9.58. The van der Waals surface area contributed by atoms with E-state index < -0.39 is 0 Å². The third-order valence-electron chi connectivity index (χ3n) is 2.82. The van der Waals surface area contributed by atoms with Crippen LogP contribution < -0.4 is 0 Å². The summed E-state index contributed by atoms with van der Waals surface area (Å²) in [6.45, 7) is 6.25. The third-order valence-corrected chi connectivity index (χ3v) is 2.82. The van der Waals surface area contributed by atoms with Crippen LogP contribution in [-0.4, -0.2) is 11.3 Å². The van der Waals surface area contributed by atoms with Crippen molar-refractivity contribution in [1.82, 2.24) is 4.98 Å². The summed E-state index contributed by atoms with van der Waals surface area (Å²) in [5.41, 5.74) is 2.83. The predicted molar refractivity (Wildman–Crippen MR) is 60.3 cm³/mol. The van der Waals surface area contributed by atoms with Crippen LogP contribution in [0.15, 0.2) is 12.3 Å². The van der Waals surface area contributed by atoms with Crippen molar-refractivity contribution in [3.63, 3.8) is 0 Å². The van der Waals surface area contributed by atoms with Crippen LogP contribution in [0.4, 0.5) is 0 Å². The van der Waals surface area contributed by atoms with Crippen LogP contribution in [0.1, 0.15) is 61.1 Å². The van der Waals surface area contributed by atoms with Crippen LogP contribution in [0.3, 0.4) is 0 Å². The monoisotopic (exact) mass is 203 g/mol. The molecule has 0 saturated heterocycles. The zero-order chi connectivity index (χ0) is 11.1. The molecule has 0 bridgehead atoms. The van der Waals surface area contributed by atoms with E-state index in [9.17, 15) is 4.79 Å². The van der Waals surface area contributed by atoms with E-state index in [1.54, 1.807) is 0 Å². The maximum atomic E-state index is 11.0. The molecule has 1 heterocycles. The lowest BCUT2D eigenvalue weighted by Gasteiger charge is -2.19. The lowest BCUT2D eigenvalue weighted by atomic mass is 9.88. The molecule has 2 heteroatoms. The van der Waals surface area contributed by atoms with Gasteiger partial charge in [-0.1, -0.05) is 20.8 Å². The highest BCUT2D eigenvalue weighted by molar-refractivity contribution is 5.77. The van der Waals surface area contributed by atoms with Gasteiger partial charge in [-0.3, -0.25) is 9.78 Å².